The number of rotatable bonds is 1. The molecule has 48 valence electrons. The second-order valence-corrected chi connectivity index (χ2v) is 1.16. The first-order valence-corrected chi connectivity index (χ1v) is 2.17. The summed E-state index contributed by atoms with van der Waals surface area (Å²) in [6.45, 7) is 6.32. The Bertz CT molecular complexity index is 171. The summed E-state index contributed by atoms with van der Waals surface area (Å²) in [5.74, 6) is -0.824. The number of nitrogens with two attached hydrogens (primary N) is 1. The lowest BCUT2D eigenvalue weighted by Gasteiger charge is -1.86. The molecule has 0 aromatic heterocycles. The van der Waals surface area contributed by atoms with Gasteiger partial charge in [0.25, 0.3) is 5.91 Å². The summed E-state index contributed by atoms with van der Waals surface area (Å²) in [5.41, 5.74) is 4.78. The molecule has 0 aliphatic heterocycles. The lowest BCUT2D eigenvalue weighted by molar-refractivity contribution is -0.112. The van der Waals surface area contributed by atoms with Crippen molar-refractivity contribution in [2.75, 3.05) is 0 Å². The highest BCUT2D eigenvalue weighted by molar-refractivity contribution is 6.38. The second kappa shape index (κ2) is 3.54. The third-order valence-electron chi connectivity index (χ3n) is 0.584. The van der Waals surface area contributed by atoms with Crippen LogP contribution in [0.5, 0.6) is 0 Å². The molecule has 0 aliphatic rings. The van der Waals surface area contributed by atoms with Gasteiger partial charge in [-0.3, -0.25) is 4.79 Å². The zero-order valence-corrected chi connectivity index (χ0v) is 4.87. The van der Waals surface area contributed by atoms with E-state index in [4.69, 9.17) is 5.73 Å². The van der Waals surface area contributed by atoms with Gasteiger partial charge in [0, 0.05) is 6.20 Å². The quantitative estimate of drug-likeness (QED) is 0.380. The van der Waals surface area contributed by atoms with E-state index in [1.54, 1.807) is 0 Å². The van der Waals surface area contributed by atoms with Gasteiger partial charge in [-0.05, 0) is 6.72 Å². The maximum absolute atomic E-state index is 10.2. The van der Waals surface area contributed by atoms with Gasteiger partial charge in [0.15, 0.2) is 0 Å². The molecule has 1 amide bonds. The number of amides is 1. The van der Waals surface area contributed by atoms with Gasteiger partial charge in [-0.2, -0.15) is 0 Å². The Morgan fingerprint density at radius 1 is 1.67 bits per heavy atom. The van der Waals surface area contributed by atoms with Gasteiger partial charge in [-0.25, -0.2) is 9.98 Å². The molecule has 0 fully saturated rings. The van der Waals surface area contributed by atoms with Crippen LogP contribution in [0, 0.1) is 0 Å². The van der Waals surface area contributed by atoms with Gasteiger partial charge >= 0.3 is 0 Å². The Morgan fingerprint density at radius 2 is 2.22 bits per heavy atom. The highest BCUT2D eigenvalue weighted by Gasteiger charge is 1.99. The van der Waals surface area contributed by atoms with Crippen molar-refractivity contribution in [2.24, 2.45) is 15.7 Å². The Labute approximate surface area is 52.8 Å². The third-order valence-corrected chi connectivity index (χ3v) is 0.584. The van der Waals surface area contributed by atoms with E-state index in [0.717, 1.165) is 0 Å². The minimum Gasteiger partial charge on any atom is -0.363 e. The number of primary amides is 1. The van der Waals surface area contributed by atoms with Crippen LogP contribution in [0.2, 0.25) is 0 Å². The Hall–Kier alpha value is -1.45. The number of nitrogens with zero attached hydrogens (tertiary/aromatic N) is 2. The Morgan fingerprint density at radius 3 is 2.33 bits per heavy atom. The zero-order chi connectivity index (χ0) is 7.28. The molecule has 0 aromatic rings. The minimum absolute atomic E-state index is 0.120. The first-order chi connectivity index (χ1) is 4.22. The predicted octanol–water partition coefficient (Wildman–Crippen LogP) is -0.286. The topological polar surface area (TPSA) is 67.8 Å². The summed E-state index contributed by atoms with van der Waals surface area (Å²) in [7, 11) is 0. The van der Waals surface area contributed by atoms with E-state index < -0.39 is 5.91 Å². The number of carbonyl (C=O) groups excluding carboxylic acids is 1. The van der Waals surface area contributed by atoms with E-state index in [1.807, 2.05) is 0 Å². The number of hydrogen-bond donors (Lipinski definition) is 1. The summed E-state index contributed by atoms with van der Waals surface area (Å²) in [4.78, 5) is 16.9. The number of hydrogen-bond acceptors (Lipinski definition) is 2. The molecule has 0 saturated carbocycles. The van der Waals surface area contributed by atoms with Crippen molar-refractivity contribution in [3.05, 3.63) is 12.8 Å². The van der Waals surface area contributed by atoms with Gasteiger partial charge in [0.1, 0.15) is 0 Å². The lowest BCUT2D eigenvalue weighted by Crippen LogP contribution is -2.20. The van der Waals surface area contributed by atoms with Gasteiger partial charge in [-0.15, -0.1) is 0 Å². The summed E-state index contributed by atoms with van der Waals surface area (Å²) in [5, 5.41) is 0. The van der Waals surface area contributed by atoms with Crippen molar-refractivity contribution in [1.29, 1.82) is 0 Å². The fraction of sp³-hybridized carbons (Fsp3) is 0. The molecule has 0 heterocycles. The number of amidine groups is 1. The minimum atomic E-state index is -0.704. The average Bonchev–Trinajstić information content (AvgIpc) is 1.82. The van der Waals surface area contributed by atoms with Crippen molar-refractivity contribution in [2.45, 2.75) is 0 Å². The normalized spacial score (nSPS) is 10.4. The van der Waals surface area contributed by atoms with Crippen molar-refractivity contribution in [3.63, 3.8) is 0 Å². The molecule has 0 bridgehead atoms. The highest BCUT2D eigenvalue weighted by atomic mass is 16.1. The second-order valence-electron chi connectivity index (χ2n) is 1.16. The average molecular weight is 125 g/mol. The first-order valence-electron chi connectivity index (χ1n) is 2.17. The maximum Gasteiger partial charge on any atom is 0.286 e. The Balaban J connectivity index is 4.32. The molecule has 0 rings (SSSR count). The lowest BCUT2D eigenvalue weighted by atomic mass is 10.6. The molecule has 0 unspecified atom stereocenters. The van der Waals surface area contributed by atoms with Crippen LogP contribution in [0.25, 0.3) is 0 Å². The van der Waals surface area contributed by atoms with Crippen LogP contribution in [0.3, 0.4) is 0 Å². The molecule has 9 heavy (non-hydrogen) atoms. The van der Waals surface area contributed by atoms with Crippen molar-refractivity contribution >= 4 is 18.5 Å². The van der Waals surface area contributed by atoms with E-state index in [2.05, 4.69) is 23.3 Å². The summed E-state index contributed by atoms with van der Waals surface area (Å²) < 4.78 is 0. The number of aliphatic imine (C=N–C) groups is 2. The van der Waals surface area contributed by atoms with Crippen LogP contribution in [0.1, 0.15) is 0 Å². The van der Waals surface area contributed by atoms with Gasteiger partial charge in [0.05, 0.1) is 0 Å². The molecule has 4 nitrogen and oxygen atoms in total. The SMILES string of the molecule is C=CN=C(N=C)C(N)=O. The molecule has 0 saturated heterocycles. The first kappa shape index (κ1) is 7.55. The van der Waals surface area contributed by atoms with Crippen LogP contribution in [0.4, 0.5) is 0 Å². The molecular formula is C5H7N3O. The Kier molecular flexibility index (Phi) is 2.97. The van der Waals surface area contributed by atoms with Gasteiger partial charge in [0.2, 0.25) is 5.84 Å². The van der Waals surface area contributed by atoms with Gasteiger partial charge < -0.3 is 5.73 Å². The van der Waals surface area contributed by atoms with Gasteiger partial charge in [-0.1, -0.05) is 6.58 Å². The molecule has 2 N–H and O–H groups in total. The van der Waals surface area contributed by atoms with Crippen LogP contribution in [-0.4, -0.2) is 18.5 Å². The fourth-order valence-corrected chi connectivity index (χ4v) is 0.269. The van der Waals surface area contributed by atoms with Crippen molar-refractivity contribution in [1.82, 2.24) is 0 Å². The molecule has 4 heteroatoms. The predicted molar refractivity (Wildman–Crippen MR) is 36.4 cm³/mol. The van der Waals surface area contributed by atoms with Crippen molar-refractivity contribution in [3.8, 4) is 0 Å². The monoisotopic (exact) mass is 125 g/mol. The number of carbonyl (C=O) groups is 1. The van der Waals surface area contributed by atoms with Crippen molar-refractivity contribution < 1.29 is 4.79 Å². The molecular weight excluding hydrogens is 118 g/mol. The largest absolute Gasteiger partial charge is 0.363 e. The van der Waals surface area contributed by atoms with Crippen LogP contribution >= 0.6 is 0 Å². The van der Waals surface area contributed by atoms with E-state index in [-0.39, 0.29) is 5.84 Å². The fourth-order valence-electron chi connectivity index (χ4n) is 0.269. The molecule has 0 spiro atoms. The van der Waals surface area contributed by atoms with Crippen LogP contribution < -0.4 is 5.73 Å². The molecule has 0 atom stereocenters. The maximum atomic E-state index is 10.2. The van der Waals surface area contributed by atoms with E-state index >= 15 is 0 Å². The molecule has 0 radical (unpaired) electrons. The highest BCUT2D eigenvalue weighted by Crippen LogP contribution is 1.78. The summed E-state index contributed by atoms with van der Waals surface area (Å²) in [6, 6.07) is 0. The van der Waals surface area contributed by atoms with E-state index in [1.165, 1.54) is 6.20 Å². The van der Waals surface area contributed by atoms with E-state index in [9.17, 15) is 4.79 Å². The standard InChI is InChI=1S/C5H7N3O/c1-3-8-5(7-2)4(6)9/h3H,1-2H2,(H2,6,9). The summed E-state index contributed by atoms with van der Waals surface area (Å²) in [6.07, 6.45) is 1.18. The molecule has 0 aliphatic carbocycles. The zero-order valence-electron chi connectivity index (χ0n) is 4.87. The van der Waals surface area contributed by atoms with E-state index in [0.29, 0.717) is 0 Å². The third kappa shape index (κ3) is 2.38. The van der Waals surface area contributed by atoms with Crippen LogP contribution in [0.15, 0.2) is 22.8 Å². The molecule has 0 aromatic carbocycles. The summed E-state index contributed by atoms with van der Waals surface area (Å²) >= 11 is 0. The van der Waals surface area contributed by atoms with Crippen LogP contribution in [-0.2, 0) is 4.79 Å². The smallest absolute Gasteiger partial charge is 0.286 e.